The summed E-state index contributed by atoms with van der Waals surface area (Å²) in [5.41, 5.74) is 11.0. The van der Waals surface area contributed by atoms with Gasteiger partial charge in [-0.25, -0.2) is 0 Å². The first-order chi connectivity index (χ1) is 26.3. The van der Waals surface area contributed by atoms with Crippen molar-refractivity contribution in [2.75, 3.05) is 4.90 Å². The number of hydrogen-bond acceptors (Lipinski definition) is 3. The van der Waals surface area contributed by atoms with E-state index in [1.165, 1.54) is 21.7 Å². The highest BCUT2D eigenvalue weighted by molar-refractivity contribution is 6.23. The number of para-hydroxylation sites is 2. The fraction of sp³-hybridized carbons (Fsp3) is 0. The van der Waals surface area contributed by atoms with Crippen LogP contribution in [0, 0.1) is 0 Å². The maximum absolute atomic E-state index is 6.98. The molecule has 0 aliphatic rings. The molecule has 0 spiro atoms. The molecule has 248 valence electrons. The van der Waals surface area contributed by atoms with E-state index in [0.717, 1.165) is 83.0 Å². The number of nitrogens with zero attached hydrogens (tertiary/aromatic N) is 1. The largest absolute Gasteiger partial charge is 0.455 e. The van der Waals surface area contributed by atoms with Crippen LogP contribution in [0.3, 0.4) is 0 Å². The van der Waals surface area contributed by atoms with Crippen LogP contribution in [0.15, 0.2) is 197 Å². The summed E-state index contributed by atoms with van der Waals surface area (Å²) in [6, 6.07) is 66.6. The lowest BCUT2D eigenvalue weighted by molar-refractivity contribution is 0.668. The van der Waals surface area contributed by atoms with Gasteiger partial charge in [-0.1, -0.05) is 140 Å². The van der Waals surface area contributed by atoms with Crippen molar-refractivity contribution < 1.29 is 8.83 Å². The van der Waals surface area contributed by atoms with Crippen molar-refractivity contribution >= 4 is 82.5 Å². The molecule has 0 aliphatic carbocycles. The molecule has 11 aromatic rings. The highest BCUT2D eigenvalue weighted by Crippen LogP contribution is 2.49. The Hall–Kier alpha value is -7.10. The summed E-state index contributed by atoms with van der Waals surface area (Å²) in [6.07, 6.45) is 0. The first-order valence-corrected chi connectivity index (χ1v) is 18.0. The van der Waals surface area contributed by atoms with Crippen LogP contribution in [0.1, 0.15) is 0 Å². The average molecular weight is 678 g/mol. The van der Waals surface area contributed by atoms with Gasteiger partial charge in [0.15, 0.2) is 5.58 Å². The van der Waals surface area contributed by atoms with E-state index >= 15 is 0 Å². The number of anilines is 3. The van der Waals surface area contributed by atoms with Crippen molar-refractivity contribution in [1.82, 2.24) is 0 Å². The van der Waals surface area contributed by atoms with Crippen LogP contribution in [-0.4, -0.2) is 0 Å². The zero-order valence-corrected chi connectivity index (χ0v) is 28.7. The minimum absolute atomic E-state index is 0.831. The maximum atomic E-state index is 6.98. The van der Waals surface area contributed by atoms with Crippen molar-refractivity contribution in [2.45, 2.75) is 0 Å². The molecule has 0 bridgehead atoms. The van der Waals surface area contributed by atoms with E-state index in [1.807, 2.05) is 12.1 Å². The van der Waals surface area contributed by atoms with Gasteiger partial charge in [0.2, 0.25) is 0 Å². The van der Waals surface area contributed by atoms with Gasteiger partial charge in [0.25, 0.3) is 0 Å². The summed E-state index contributed by atoms with van der Waals surface area (Å²) in [5.74, 6) is 0. The Balaban J connectivity index is 1.21. The third-order valence-corrected chi connectivity index (χ3v) is 10.6. The minimum atomic E-state index is 0.831. The van der Waals surface area contributed by atoms with Crippen molar-refractivity contribution in [2.24, 2.45) is 0 Å². The summed E-state index contributed by atoms with van der Waals surface area (Å²) in [5, 5.41) is 9.05. The van der Waals surface area contributed by atoms with E-state index in [9.17, 15) is 0 Å². The van der Waals surface area contributed by atoms with E-state index in [-0.39, 0.29) is 0 Å². The molecule has 2 aromatic heterocycles. The predicted octanol–water partition coefficient (Wildman–Crippen LogP) is 14.6. The third-order valence-electron chi connectivity index (χ3n) is 10.6. The first-order valence-electron chi connectivity index (χ1n) is 18.0. The van der Waals surface area contributed by atoms with Crippen LogP contribution < -0.4 is 4.90 Å². The molecular formula is C50H31NO2. The molecule has 0 saturated carbocycles. The SMILES string of the molecule is c1ccc(-c2ccc(N(c3cccc4c3oc3ccccc34)c3cccc4oc5c(-c6ccc7ccccc7c6)c6ccccc6cc5c34)cc2)cc1. The topological polar surface area (TPSA) is 29.5 Å². The summed E-state index contributed by atoms with van der Waals surface area (Å²) < 4.78 is 13.7. The molecular weight excluding hydrogens is 647 g/mol. The van der Waals surface area contributed by atoms with Gasteiger partial charge >= 0.3 is 0 Å². The van der Waals surface area contributed by atoms with Crippen molar-refractivity contribution in [1.29, 1.82) is 0 Å². The van der Waals surface area contributed by atoms with Crippen LogP contribution in [0.5, 0.6) is 0 Å². The van der Waals surface area contributed by atoms with Crippen molar-refractivity contribution in [3.63, 3.8) is 0 Å². The van der Waals surface area contributed by atoms with Crippen LogP contribution in [0.2, 0.25) is 0 Å². The van der Waals surface area contributed by atoms with Gasteiger partial charge in [-0.2, -0.15) is 0 Å². The van der Waals surface area contributed by atoms with E-state index in [0.29, 0.717) is 0 Å². The zero-order valence-electron chi connectivity index (χ0n) is 28.7. The molecule has 0 radical (unpaired) electrons. The highest BCUT2D eigenvalue weighted by Gasteiger charge is 2.25. The molecule has 9 aromatic carbocycles. The molecule has 11 rings (SSSR count). The molecule has 0 saturated heterocycles. The van der Waals surface area contributed by atoms with Gasteiger partial charge in [-0.3, -0.25) is 0 Å². The fourth-order valence-electron chi connectivity index (χ4n) is 8.17. The van der Waals surface area contributed by atoms with E-state index in [1.54, 1.807) is 0 Å². The molecule has 3 nitrogen and oxygen atoms in total. The highest BCUT2D eigenvalue weighted by atomic mass is 16.3. The lowest BCUT2D eigenvalue weighted by Gasteiger charge is -2.26. The van der Waals surface area contributed by atoms with Crippen molar-refractivity contribution in [3.05, 3.63) is 188 Å². The quantitative estimate of drug-likeness (QED) is 0.182. The molecule has 2 heterocycles. The second-order valence-electron chi connectivity index (χ2n) is 13.7. The standard InChI is InChI=1S/C50H31NO2/c1-2-12-32(13-3-1)34-26-28-38(29-27-34)51(44-21-10-19-41-40-18-8-9-22-45(40)52-49(41)44)43-20-11-23-46-48(43)42-31-36-16-6-7-17-39(36)47(50(42)53-46)37-25-24-33-14-4-5-15-35(33)30-37/h1-31H. The Morgan fingerprint density at radius 3 is 1.83 bits per heavy atom. The molecule has 0 unspecified atom stereocenters. The number of fused-ring (bicyclic) bond motifs is 8. The molecule has 53 heavy (non-hydrogen) atoms. The Morgan fingerprint density at radius 2 is 0.962 bits per heavy atom. The molecule has 0 atom stereocenters. The zero-order chi connectivity index (χ0) is 34.9. The molecule has 0 aliphatic heterocycles. The minimum Gasteiger partial charge on any atom is -0.455 e. The predicted molar refractivity (Wildman–Crippen MR) is 222 cm³/mol. The fourth-order valence-corrected chi connectivity index (χ4v) is 8.17. The van der Waals surface area contributed by atoms with Crippen molar-refractivity contribution in [3.8, 4) is 22.3 Å². The number of hydrogen-bond donors (Lipinski definition) is 0. The maximum Gasteiger partial charge on any atom is 0.159 e. The number of rotatable bonds is 5. The van der Waals surface area contributed by atoms with Gasteiger partial charge in [-0.15, -0.1) is 0 Å². The van der Waals surface area contributed by atoms with Crippen LogP contribution in [0.25, 0.3) is 87.7 Å². The summed E-state index contributed by atoms with van der Waals surface area (Å²) in [6.45, 7) is 0. The molecule has 3 heteroatoms. The van der Waals surface area contributed by atoms with E-state index < -0.39 is 0 Å². The lowest BCUT2D eigenvalue weighted by Crippen LogP contribution is -2.10. The van der Waals surface area contributed by atoms with Crippen LogP contribution in [-0.2, 0) is 0 Å². The molecule has 0 amide bonds. The molecule has 0 fully saturated rings. The molecule has 0 N–H and O–H groups in total. The summed E-state index contributed by atoms with van der Waals surface area (Å²) >= 11 is 0. The first kappa shape index (κ1) is 29.6. The Bertz CT molecular complexity index is 3170. The van der Waals surface area contributed by atoms with Crippen LogP contribution in [0.4, 0.5) is 17.1 Å². The Kier molecular flexibility index (Phi) is 6.55. The van der Waals surface area contributed by atoms with E-state index in [2.05, 4.69) is 181 Å². The second-order valence-corrected chi connectivity index (χ2v) is 13.7. The number of benzene rings is 9. The number of furan rings is 2. The van der Waals surface area contributed by atoms with Crippen LogP contribution >= 0.6 is 0 Å². The third kappa shape index (κ3) is 4.68. The Labute approximate surface area is 305 Å². The monoisotopic (exact) mass is 677 g/mol. The second kappa shape index (κ2) is 11.7. The summed E-state index contributed by atoms with van der Waals surface area (Å²) in [7, 11) is 0. The average Bonchev–Trinajstić information content (AvgIpc) is 3.80. The normalized spacial score (nSPS) is 11.8. The Morgan fingerprint density at radius 1 is 0.340 bits per heavy atom. The summed E-state index contributed by atoms with van der Waals surface area (Å²) in [4.78, 5) is 2.33. The lowest BCUT2D eigenvalue weighted by atomic mass is 9.93. The van der Waals surface area contributed by atoms with Gasteiger partial charge in [0.05, 0.1) is 16.8 Å². The van der Waals surface area contributed by atoms with E-state index in [4.69, 9.17) is 8.83 Å². The van der Waals surface area contributed by atoms with Gasteiger partial charge < -0.3 is 13.7 Å². The smallest absolute Gasteiger partial charge is 0.159 e. The van der Waals surface area contributed by atoms with Gasteiger partial charge in [0.1, 0.15) is 16.7 Å². The van der Waals surface area contributed by atoms with Gasteiger partial charge in [-0.05, 0) is 86.8 Å². The van der Waals surface area contributed by atoms with Gasteiger partial charge in [0, 0.05) is 27.4 Å².